The van der Waals surface area contributed by atoms with Gasteiger partial charge < -0.3 is 15.0 Å². The van der Waals surface area contributed by atoms with Crippen LogP contribution in [-0.4, -0.2) is 21.6 Å². The highest BCUT2D eigenvalue weighted by Crippen LogP contribution is 2.28. The van der Waals surface area contributed by atoms with Gasteiger partial charge in [-0.3, -0.25) is 0 Å². The lowest BCUT2D eigenvalue weighted by Crippen LogP contribution is -2.02. The van der Waals surface area contributed by atoms with Crippen molar-refractivity contribution in [2.45, 2.75) is 19.9 Å². The predicted octanol–water partition coefficient (Wildman–Crippen LogP) is 3.79. The van der Waals surface area contributed by atoms with Crippen LogP contribution in [0.15, 0.2) is 48.5 Å². The van der Waals surface area contributed by atoms with E-state index in [9.17, 15) is 0 Å². The number of para-hydroxylation sites is 1. The smallest absolute Gasteiger partial charge is 0.152 e. The van der Waals surface area contributed by atoms with Crippen molar-refractivity contribution in [1.29, 1.82) is 0 Å². The van der Waals surface area contributed by atoms with Gasteiger partial charge in [-0.1, -0.05) is 37.0 Å². The van der Waals surface area contributed by atoms with E-state index in [0.29, 0.717) is 12.4 Å². The molecule has 0 fully saturated rings. The fourth-order valence-electron chi connectivity index (χ4n) is 3.24. The number of hydrogen-bond donors (Lipinski definition) is 1. The molecule has 0 aliphatic rings. The summed E-state index contributed by atoms with van der Waals surface area (Å²) >= 11 is 0. The van der Waals surface area contributed by atoms with Crippen LogP contribution in [0.5, 0.6) is 5.75 Å². The number of hydrogen-bond acceptors (Lipinski definition) is 4. The van der Waals surface area contributed by atoms with E-state index in [2.05, 4.69) is 34.4 Å². The molecule has 5 heteroatoms. The number of anilines is 1. The van der Waals surface area contributed by atoms with Crippen molar-refractivity contribution in [3.8, 4) is 17.6 Å². The van der Waals surface area contributed by atoms with Crippen LogP contribution in [0.1, 0.15) is 18.3 Å². The molecule has 0 unspecified atom stereocenters. The third kappa shape index (κ3) is 3.06. The standard InChI is InChI=1S/C22H20N4O/c1-3-19-25-20-21(17-8-4-5-9-18(17)24-22(20)23)26(19)14-6-7-15-10-12-16(27-2)13-11-15/h4-5,8-13H,3,14H2,1-2H3,(H2,23,24). The molecule has 5 nitrogen and oxygen atoms in total. The number of aryl methyl sites for hydroxylation is 1. The predicted molar refractivity (Wildman–Crippen MR) is 109 cm³/mol. The molecule has 2 aromatic carbocycles. The van der Waals surface area contributed by atoms with Crippen molar-refractivity contribution in [2.75, 3.05) is 12.8 Å². The monoisotopic (exact) mass is 356 g/mol. The van der Waals surface area contributed by atoms with Gasteiger partial charge in [-0.05, 0) is 30.3 Å². The van der Waals surface area contributed by atoms with Crippen LogP contribution in [-0.2, 0) is 13.0 Å². The minimum Gasteiger partial charge on any atom is -0.497 e. The minimum atomic E-state index is 0.459. The number of aromatic nitrogens is 3. The first-order valence-corrected chi connectivity index (χ1v) is 8.87. The quantitative estimate of drug-likeness (QED) is 0.567. The van der Waals surface area contributed by atoms with Crippen LogP contribution in [0.2, 0.25) is 0 Å². The number of ether oxygens (including phenoxy) is 1. The molecule has 0 atom stereocenters. The number of pyridine rings is 1. The Morgan fingerprint density at radius 3 is 2.59 bits per heavy atom. The maximum absolute atomic E-state index is 6.17. The summed E-state index contributed by atoms with van der Waals surface area (Å²) in [4.78, 5) is 9.21. The zero-order valence-electron chi connectivity index (χ0n) is 15.4. The lowest BCUT2D eigenvalue weighted by molar-refractivity contribution is 0.415. The van der Waals surface area contributed by atoms with Gasteiger partial charge in [0.1, 0.15) is 17.1 Å². The number of methoxy groups -OCH3 is 1. The van der Waals surface area contributed by atoms with Crippen molar-refractivity contribution < 1.29 is 4.74 Å². The van der Waals surface area contributed by atoms with Gasteiger partial charge in [0, 0.05) is 17.4 Å². The summed E-state index contributed by atoms with van der Waals surface area (Å²) in [6.45, 7) is 2.62. The minimum absolute atomic E-state index is 0.459. The van der Waals surface area contributed by atoms with Gasteiger partial charge >= 0.3 is 0 Å². The molecule has 134 valence electrons. The summed E-state index contributed by atoms with van der Waals surface area (Å²) in [5, 5.41) is 1.04. The SMILES string of the molecule is CCc1nc2c(N)nc3ccccc3c2n1CC#Cc1ccc(OC)cc1. The van der Waals surface area contributed by atoms with Crippen LogP contribution in [0.25, 0.3) is 21.9 Å². The molecule has 0 aliphatic heterocycles. The van der Waals surface area contributed by atoms with E-state index in [1.165, 1.54) is 0 Å². The summed E-state index contributed by atoms with van der Waals surface area (Å²) in [6, 6.07) is 15.7. The average Bonchev–Trinajstić information content (AvgIpc) is 3.08. The Bertz CT molecular complexity index is 1180. The highest BCUT2D eigenvalue weighted by atomic mass is 16.5. The molecule has 0 spiro atoms. The Morgan fingerprint density at radius 2 is 1.85 bits per heavy atom. The van der Waals surface area contributed by atoms with Crippen LogP contribution in [0.3, 0.4) is 0 Å². The van der Waals surface area contributed by atoms with Crippen molar-refractivity contribution in [2.24, 2.45) is 0 Å². The highest BCUT2D eigenvalue weighted by Gasteiger charge is 2.15. The van der Waals surface area contributed by atoms with E-state index >= 15 is 0 Å². The fraction of sp³-hybridized carbons (Fsp3) is 0.182. The van der Waals surface area contributed by atoms with E-state index in [-0.39, 0.29) is 0 Å². The summed E-state index contributed by atoms with van der Waals surface area (Å²) in [7, 11) is 1.65. The largest absolute Gasteiger partial charge is 0.497 e. The van der Waals surface area contributed by atoms with Crippen LogP contribution in [0, 0.1) is 11.8 Å². The maximum atomic E-state index is 6.17. The molecule has 27 heavy (non-hydrogen) atoms. The van der Waals surface area contributed by atoms with Gasteiger partial charge in [-0.2, -0.15) is 0 Å². The van der Waals surface area contributed by atoms with Gasteiger partial charge in [0.25, 0.3) is 0 Å². The van der Waals surface area contributed by atoms with Gasteiger partial charge in [-0.25, -0.2) is 9.97 Å². The first kappa shape index (κ1) is 16.9. The summed E-state index contributed by atoms with van der Waals surface area (Å²) in [5.74, 6) is 8.71. The Balaban J connectivity index is 1.80. The van der Waals surface area contributed by atoms with E-state index in [1.54, 1.807) is 7.11 Å². The van der Waals surface area contributed by atoms with Gasteiger partial charge in [0.05, 0.1) is 24.7 Å². The van der Waals surface area contributed by atoms with Crippen LogP contribution >= 0.6 is 0 Å². The highest BCUT2D eigenvalue weighted by molar-refractivity contribution is 6.06. The number of nitrogens with two attached hydrogens (primary N) is 1. The number of benzene rings is 2. The normalized spacial score (nSPS) is 10.7. The molecule has 0 aliphatic carbocycles. The van der Waals surface area contributed by atoms with Gasteiger partial charge in [-0.15, -0.1) is 0 Å². The molecule has 0 saturated heterocycles. The molecule has 0 saturated carbocycles. The molecule has 0 bridgehead atoms. The van der Waals surface area contributed by atoms with E-state index in [1.807, 2.05) is 42.5 Å². The zero-order valence-corrected chi connectivity index (χ0v) is 15.4. The lowest BCUT2D eigenvalue weighted by Gasteiger charge is -2.06. The van der Waals surface area contributed by atoms with Crippen molar-refractivity contribution in [1.82, 2.24) is 14.5 Å². The number of imidazole rings is 1. The molecular weight excluding hydrogens is 336 g/mol. The molecule has 2 heterocycles. The van der Waals surface area contributed by atoms with Crippen LogP contribution in [0.4, 0.5) is 5.82 Å². The Hall–Kier alpha value is -3.52. The lowest BCUT2D eigenvalue weighted by atomic mass is 10.2. The fourth-order valence-corrected chi connectivity index (χ4v) is 3.24. The molecule has 2 N–H and O–H groups in total. The third-order valence-corrected chi connectivity index (χ3v) is 4.57. The maximum Gasteiger partial charge on any atom is 0.152 e. The molecule has 4 aromatic rings. The Morgan fingerprint density at radius 1 is 1.07 bits per heavy atom. The van der Waals surface area contributed by atoms with E-state index < -0.39 is 0 Å². The summed E-state index contributed by atoms with van der Waals surface area (Å²) < 4.78 is 7.33. The topological polar surface area (TPSA) is 66.0 Å². The first-order chi connectivity index (χ1) is 13.2. The second-order valence-corrected chi connectivity index (χ2v) is 6.21. The second-order valence-electron chi connectivity index (χ2n) is 6.21. The number of nitrogens with zero attached hydrogens (tertiary/aromatic N) is 3. The molecule has 4 rings (SSSR count). The van der Waals surface area contributed by atoms with Crippen LogP contribution < -0.4 is 10.5 Å². The third-order valence-electron chi connectivity index (χ3n) is 4.57. The van der Waals surface area contributed by atoms with E-state index in [0.717, 1.165) is 45.5 Å². The van der Waals surface area contributed by atoms with E-state index in [4.69, 9.17) is 15.5 Å². The Kier molecular flexibility index (Phi) is 4.39. The average molecular weight is 356 g/mol. The number of nitrogen functional groups attached to an aromatic ring is 1. The molecule has 0 radical (unpaired) electrons. The second kappa shape index (κ2) is 7.00. The van der Waals surface area contributed by atoms with Crippen molar-refractivity contribution in [3.05, 3.63) is 59.9 Å². The summed E-state index contributed by atoms with van der Waals surface area (Å²) in [6.07, 6.45) is 0.798. The van der Waals surface area contributed by atoms with Gasteiger partial charge in [0.2, 0.25) is 0 Å². The zero-order chi connectivity index (χ0) is 18.8. The summed E-state index contributed by atoms with van der Waals surface area (Å²) in [5.41, 5.74) is 9.74. The molecule has 2 aromatic heterocycles. The number of fused-ring (bicyclic) bond motifs is 3. The van der Waals surface area contributed by atoms with Crippen molar-refractivity contribution >= 4 is 27.8 Å². The first-order valence-electron chi connectivity index (χ1n) is 8.87. The Labute approximate surface area is 157 Å². The van der Waals surface area contributed by atoms with Crippen molar-refractivity contribution in [3.63, 3.8) is 0 Å². The van der Waals surface area contributed by atoms with Gasteiger partial charge in [0.15, 0.2) is 5.82 Å². The molecular formula is C22H20N4O. The molecule has 0 amide bonds. The number of rotatable bonds is 3.